The minimum Gasteiger partial charge on any atom is -0.295 e. The van der Waals surface area contributed by atoms with E-state index in [-0.39, 0.29) is 0 Å². The Labute approximate surface area is 52.0 Å². The lowest BCUT2D eigenvalue weighted by Gasteiger charge is -2.04. The summed E-state index contributed by atoms with van der Waals surface area (Å²) >= 11 is 6.44. The summed E-state index contributed by atoms with van der Waals surface area (Å²) in [6, 6.07) is 0. The molecule has 1 aliphatic rings. The normalized spacial score (nSPS) is 21.3. The lowest BCUT2D eigenvalue weighted by atomic mass is 10.7. The largest absolute Gasteiger partial charge is 0.295 e. The van der Waals surface area contributed by atoms with Gasteiger partial charge < -0.3 is 0 Å². The predicted octanol–water partition coefficient (Wildman–Crippen LogP) is 0.194. The second kappa shape index (κ2) is 1.98. The Morgan fingerprint density at radius 1 is 1.86 bits per heavy atom. The summed E-state index contributed by atoms with van der Waals surface area (Å²) in [5.41, 5.74) is 0. The van der Waals surface area contributed by atoms with Gasteiger partial charge in [-0.25, -0.2) is 5.84 Å². The minimum absolute atomic E-state index is 0.819. The van der Waals surface area contributed by atoms with Gasteiger partial charge in [-0.05, 0) is 0 Å². The average Bonchev–Trinajstić information content (AvgIpc) is 1.91. The van der Waals surface area contributed by atoms with Crippen LogP contribution in [-0.2, 0) is 0 Å². The number of nitrogens with two attached hydrogens (primary N) is 1. The second-order valence-electron chi connectivity index (χ2n) is 1.31. The van der Waals surface area contributed by atoms with Gasteiger partial charge in [-0.3, -0.25) is 5.01 Å². The second-order valence-corrected chi connectivity index (χ2v) is 3.04. The van der Waals surface area contributed by atoms with Crippen LogP contribution in [0.2, 0.25) is 0 Å². The average molecular weight is 134 g/mol. The van der Waals surface area contributed by atoms with E-state index in [1.54, 1.807) is 16.8 Å². The smallest absolute Gasteiger partial charge is 0.150 e. The van der Waals surface area contributed by atoms with Crippen LogP contribution in [0.15, 0.2) is 0 Å². The fraction of sp³-hybridized carbons (Fsp3) is 0.667. The topological polar surface area (TPSA) is 29.3 Å². The van der Waals surface area contributed by atoms with Crippen molar-refractivity contribution < 1.29 is 0 Å². The molecular weight excluding hydrogens is 128 g/mol. The minimum atomic E-state index is 0.819. The third kappa shape index (κ3) is 1.05. The van der Waals surface area contributed by atoms with Crippen LogP contribution in [0.4, 0.5) is 0 Å². The predicted molar refractivity (Wildman–Crippen MR) is 35.9 cm³/mol. The zero-order valence-electron chi connectivity index (χ0n) is 3.76. The van der Waals surface area contributed by atoms with Crippen LogP contribution in [0.3, 0.4) is 0 Å². The summed E-state index contributed by atoms with van der Waals surface area (Å²) in [4.78, 5) is 0. The van der Waals surface area contributed by atoms with Gasteiger partial charge in [-0.2, -0.15) is 0 Å². The summed E-state index contributed by atoms with van der Waals surface area (Å²) in [7, 11) is 0. The molecule has 0 aromatic rings. The summed E-state index contributed by atoms with van der Waals surface area (Å²) in [6.45, 7) is 0.906. The first kappa shape index (κ1) is 5.34. The van der Waals surface area contributed by atoms with E-state index in [1.807, 2.05) is 0 Å². The molecule has 0 unspecified atom stereocenters. The number of thiocarbonyl (C=S) groups is 1. The van der Waals surface area contributed by atoms with Gasteiger partial charge in [0.15, 0.2) is 4.32 Å². The van der Waals surface area contributed by atoms with E-state index in [1.165, 1.54) is 0 Å². The molecule has 2 nitrogen and oxygen atoms in total. The molecule has 1 saturated heterocycles. The molecule has 0 aromatic heterocycles. The molecule has 7 heavy (non-hydrogen) atoms. The summed E-state index contributed by atoms with van der Waals surface area (Å²) < 4.78 is 0.819. The van der Waals surface area contributed by atoms with Crippen LogP contribution in [0.25, 0.3) is 0 Å². The first-order chi connectivity index (χ1) is 3.30. The van der Waals surface area contributed by atoms with Crippen molar-refractivity contribution in [2.24, 2.45) is 5.84 Å². The Bertz CT molecular complexity index is 92.9. The number of rotatable bonds is 0. The maximum absolute atomic E-state index is 5.35. The van der Waals surface area contributed by atoms with Gasteiger partial charge in [0.1, 0.15) is 0 Å². The molecule has 0 saturated carbocycles. The Kier molecular flexibility index (Phi) is 1.51. The van der Waals surface area contributed by atoms with Crippen molar-refractivity contribution in [2.45, 2.75) is 0 Å². The van der Waals surface area contributed by atoms with Gasteiger partial charge in [-0.15, -0.1) is 0 Å². The van der Waals surface area contributed by atoms with E-state index in [9.17, 15) is 0 Å². The van der Waals surface area contributed by atoms with Gasteiger partial charge in [-0.1, -0.05) is 24.0 Å². The van der Waals surface area contributed by atoms with E-state index in [0.717, 1.165) is 16.6 Å². The number of hydrogen-bond donors (Lipinski definition) is 1. The zero-order valence-corrected chi connectivity index (χ0v) is 5.39. The van der Waals surface area contributed by atoms with Crippen molar-refractivity contribution in [2.75, 3.05) is 12.3 Å². The van der Waals surface area contributed by atoms with Crippen LogP contribution < -0.4 is 5.84 Å². The molecule has 0 amide bonds. The molecule has 1 fully saturated rings. The van der Waals surface area contributed by atoms with E-state index >= 15 is 0 Å². The Morgan fingerprint density at radius 3 is 2.71 bits per heavy atom. The lowest BCUT2D eigenvalue weighted by Crippen LogP contribution is -2.30. The van der Waals surface area contributed by atoms with Crippen molar-refractivity contribution in [1.29, 1.82) is 0 Å². The molecule has 0 atom stereocenters. The number of hydrogen-bond acceptors (Lipinski definition) is 3. The molecule has 0 spiro atoms. The lowest BCUT2D eigenvalue weighted by molar-refractivity contribution is 0.497. The molecule has 0 bridgehead atoms. The summed E-state index contributed by atoms with van der Waals surface area (Å²) in [5, 5.41) is 1.60. The monoisotopic (exact) mass is 134 g/mol. The number of hydrazine groups is 1. The first-order valence-corrected chi connectivity index (χ1v) is 3.39. The molecule has 2 N–H and O–H groups in total. The highest BCUT2D eigenvalue weighted by molar-refractivity contribution is 8.23. The SMILES string of the molecule is NN1CCSC1=S. The standard InChI is InChI=1S/C3H6N2S2/c4-5-1-2-7-3(5)6/h1-2,4H2. The van der Waals surface area contributed by atoms with Gasteiger partial charge in [0.25, 0.3) is 0 Å². The number of thioether (sulfide) groups is 1. The third-order valence-electron chi connectivity index (χ3n) is 0.792. The van der Waals surface area contributed by atoms with Crippen molar-refractivity contribution in [3.8, 4) is 0 Å². The highest BCUT2D eigenvalue weighted by Crippen LogP contribution is 2.12. The maximum atomic E-state index is 5.35. The van der Waals surface area contributed by atoms with Crippen LogP contribution in [0.5, 0.6) is 0 Å². The fourth-order valence-electron chi connectivity index (χ4n) is 0.406. The van der Waals surface area contributed by atoms with Crippen molar-refractivity contribution in [1.82, 2.24) is 5.01 Å². The quantitative estimate of drug-likeness (QED) is 0.378. The molecule has 1 heterocycles. The Morgan fingerprint density at radius 2 is 2.57 bits per heavy atom. The fourth-order valence-corrected chi connectivity index (χ4v) is 1.47. The third-order valence-corrected chi connectivity index (χ3v) is 2.25. The first-order valence-electron chi connectivity index (χ1n) is 1.99. The molecule has 0 aromatic carbocycles. The summed E-state index contributed by atoms with van der Waals surface area (Å²) in [6.07, 6.45) is 0. The van der Waals surface area contributed by atoms with Gasteiger partial charge in [0.2, 0.25) is 0 Å². The molecular formula is C3H6N2S2. The van der Waals surface area contributed by atoms with Crippen molar-refractivity contribution >= 4 is 28.3 Å². The Balaban J connectivity index is 2.48. The van der Waals surface area contributed by atoms with Crippen molar-refractivity contribution in [3.63, 3.8) is 0 Å². The van der Waals surface area contributed by atoms with Crippen LogP contribution in [-0.4, -0.2) is 21.6 Å². The molecule has 1 aliphatic heterocycles. The van der Waals surface area contributed by atoms with Crippen molar-refractivity contribution in [3.05, 3.63) is 0 Å². The van der Waals surface area contributed by atoms with E-state index in [0.29, 0.717) is 0 Å². The summed E-state index contributed by atoms with van der Waals surface area (Å²) in [5.74, 6) is 6.40. The molecule has 0 aliphatic carbocycles. The van der Waals surface area contributed by atoms with Gasteiger partial charge in [0.05, 0.1) is 0 Å². The molecule has 4 heteroatoms. The van der Waals surface area contributed by atoms with Crippen LogP contribution in [0, 0.1) is 0 Å². The van der Waals surface area contributed by atoms with Gasteiger partial charge in [0, 0.05) is 12.3 Å². The highest BCUT2D eigenvalue weighted by atomic mass is 32.2. The number of nitrogens with zero attached hydrogens (tertiary/aromatic N) is 1. The zero-order chi connectivity index (χ0) is 5.28. The molecule has 0 radical (unpaired) electrons. The van der Waals surface area contributed by atoms with Gasteiger partial charge >= 0.3 is 0 Å². The van der Waals surface area contributed by atoms with E-state index in [2.05, 4.69) is 0 Å². The van der Waals surface area contributed by atoms with E-state index in [4.69, 9.17) is 18.1 Å². The van der Waals surface area contributed by atoms with Crippen LogP contribution >= 0.6 is 24.0 Å². The highest BCUT2D eigenvalue weighted by Gasteiger charge is 2.11. The Hall–Kier alpha value is 0.200. The maximum Gasteiger partial charge on any atom is 0.150 e. The van der Waals surface area contributed by atoms with Crippen LogP contribution in [0.1, 0.15) is 0 Å². The molecule has 40 valence electrons. The van der Waals surface area contributed by atoms with E-state index < -0.39 is 0 Å². The molecule has 1 rings (SSSR count).